The second-order valence-corrected chi connectivity index (χ2v) is 8.70. The van der Waals surface area contributed by atoms with Crippen LogP contribution in [-0.2, 0) is 4.79 Å². The Balaban J connectivity index is 1.21. The number of hydrogen-bond acceptors (Lipinski definition) is 4. The molecule has 32 heavy (non-hydrogen) atoms. The van der Waals surface area contributed by atoms with Gasteiger partial charge in [-0.3, -0.25) is 19.6 Å². The molecule has 3 aromatic rings. The van der Waals surface area contributed by atoms with Gasteiger partial charge >= 0.3 is 0 Å². The number of H-pyrrole nitrogens is 1. The molecule has 0 unspecified atom stereocenters. The van der Waals surface area contributed by atoms with Gasteiger partial charge in [0.1, 0.15) is 5.69 Å². The Hall–Kier alpha value is -3.19. The Morgan fingerprint density at radius 3 is 2.41 bits per heavy atom. The standard InChI is InChI=1S/C25H29N5O2/c31-24(29-11-4-1-5-12-29)18-28-13-15-30(16-14-28)25(32)23-17-22(26-27-23)21-10-6-8-19-7-2-3-9-20(19)21/h2-3,6-10,17H,1,4-5,11-16,18H2,(H,26,27). The third kappa shape index (κ3) is 4.25. The smallest absolute Gasteiger partial charge is 0.271 e. The highest BCUT2D eigenvalue weighted by Gasteiger charge is 2.26. The average molecular weight is 432 g/mol. The van der Waals surface area contributed by atoms with E-state index in [1.54, 1.807) is 0 Å². The molecule has 2 saturated heterocycles. The summed E-state index contributed by atoms with van der Waals surface area (Å²) in [6.07, 6.45) is 3.44. The fraction of sp³-hybridized carbons (Fsp3) is 0.400. The molecule has 0 aliphatic carbocycles. The second kappa shape index (κ2) is 9.12. The van der Waals surface area contributed by atoms with Gasteiger partial charge in [0.2, 0.25) is 5.91 Å². The van der Waals surface area contributed by atoms with Crippen LogP contribution >= 0.6 is 0 Å². The van der Waals surface area contributed by atoms with Crippen LogP contribution in [0.5, 0.6) is 0 Å². The molecular weight excluding hydrogens is 402 g/mol. The summed E-state index contributed by atoms with van der Waals surface area (Å²) in [5.74, 6) is 0.184. The summed E-state index contributed by atoms with van der Waals surface area (Å²) in [6.45, 7) is 4.90. The SMILES string of the molecule is O=C(CN1CCN(C(=O)c2cc(-c3cccc4ccccc34)n[nH]2)CC1)N1CCCCC1. The minimum Gasteiger partial charge on any atom is -0.342 e. The van der Waals surface area contributed by atoms with Crippen molar-refractivity contribution in [3.05, 3.63) is 54.2 Å². The Morgan fingerprint density at radius 1 is 0.844 bits per heavy atom. The summed E-state index contributed by atoms with van der Waals surface area (Å²) in [7, 11) is 0. The predicted molar refractivity (Wildman–Crippen MR) is 124 cm³/mol. The molecule has 0 radical (unpaired) electrons. The molecule has 3 heterocycles. The topological polar surface area (TPSA) is 72.5 Å². The molecular formula is C25H29N5O2. The predicted octanol–water partition coefficient (Wildman–Crippen LogP) is 3.00. The molecule has 166 valence electrons. The van der Waals surface area contributed by atoms with Gasteiger partial charge in [-0.2, -0.15) is 5.10 Å². The maximum absolute atomic E-state index is 13.0. The van der Waals surface area contributed by atoms with Crippen LogP contribution in [0.1, 0.15) is 29.8 Å². The largest absolute Gasteiger partial charge is 0.342 e. The Kier molecular flexibility index (Phi) is 5.90. The third-order valence-corrected chi connectivity index (χ3v) is 6.60. The molecule has 2 fully saturated rings. The third-order valence-electron chi connectivity index (χ3n) is 6.60. The van der Waals surface area contributed by atoms with Crippen molar-refractivity contribution >= 4 is 22.6 Å². The zero-order chi connectivity index (χ0) is 21.9. The second-order valence-electron chi connectivity index (χ2n) is 8.70. The fourth-order valence-electron chi connectivity index (χ4n) is 4.73. The number of aromatic amines is 1. The van der Waals surface area contributed by atoms with Crippen LogP contribution in [-0.4, -0.2) is 82.5 Å². The molecule has 0 atom stereocenters. The molecule has 2 aliphatic rings. The van der Waals surface area contributed by atoms with E-state index < -0.39 is 0 Å². The normalized spacial score (nSPS) is 17.6. The van der Waals surface area contributed by atoms with E-state index in [2.05, 4.69) is 33.3 Å². The summed E-state index contributed by atoms with van der Waals surface area (Å²) in [5.41, 5.74) is 2.29. The highest BCUT2D eigenvalue weighted by molar-refractivity contribution is 5.98. The lowest BCUT2D eigenvalue weighted by Crippen LogP contribution is -2.52. The number of benzene rings is 2. The van der Waals surface area contributed by atoms with E-state index in [1.807, 2.05) is 40.1 Å². The number of amides is 2. The number of fused-ring (bicyclic) bond motifs is 1. The molecule has 2 amide bonds. The number of carbonyl (C=O) groups is 2. The lowest BCUT2D eigenvalue weighted by atomic mass is 10.0. The minimum atomic E-state index is -0.0361. The van der Waals surface area contributed by atoms with Crippen LogP contribution in [0.4, 0.5) is 0 Å². The first-order chi connectivity index (χ1) is 15.7. The van der Waals surface area contributed by atoms with Crippen molar-refractivity contribution in [3.8, 4) is 11.3 Å². The van der Waals surface area contributed by atoms with Crippen molar-refractivity contribution in [3.63, 3.8) is 0 Å². The maximum Gasteiger partial charge on any atom is 0.271 e. The van der Waals surface area contributed by atoms with Crippen molar-refractivity contribution in [2.45, 2.75) is 19.3 Å². The number of piperazine rings is 1. The summed E-state index contributed by atoms with van der Waals surface area (Å²) < 4.78 is 0. The van der Waals surface area contributed by atoms with Gasteiger partial charge in [0, 0.05) is 44.8 Å². The maximum atomic E-state index is 13.0. The lowest BCUT2D eigenvalue weighted by molar-refractivity contribution is -0.133. The molecule has 0 bridgehead atoms. The van der Waals surface area contributed by atoms with Crippen molar-refractivity contribution in [1.29, 1.82) is 0 Å². The van der Waals surface area contributed by atoms with Crippen LogP contribution < -0.4 is 0 Å². The molecule has 2 aliphatic heterocycles. The van der Waals surface area contributed by atoms with Gasteiger partial charge in [-0.25, -0.2) is 0 Å². The van der Waals surface area contributed by atoms with Crippen LogP contribution in [0, 0.1) is 0 Å². The summed E-state index contributed by atoms with van der Waals surface area (Å²) in [6, 6.07) is 16.1. The zero-order valence-corrected chi connectivity index (χ0v) is 18.3. The van der Waals surface area contributed by atoms with Crippen molar-refractivity contribution in [2.24, 2.45) is 0 Å². The van der Waals surface area contributed by atoms with Crippen LogP contribution in [0.15, 0.2) is 48.5 Å². The van der Waals surface area contributed by atoms with E-state index >= 15 is 0 Å². The van der Waals surface area contributed by atoms with Gasteiger partial charge in [0.25, 0.3) is 5.91 Å². The van der Waals surface area contributed by atoms with E-state index in [0.717, 1.165) is 61.1 Å². The van der Waals surface area contributed by atoms with Gasteiger partial charge in [-0.15, -0.1) is 0 Å². The molecule has 7 heteroatoms. The minimum absolute atomic E-state index is 0.0361. The molecule has 0 saturated carbocycles. The monoisotopic (exact) mass is 431 g/mol. The first-order valence-electron chi connectivity index (χ1n) is 11.5. The van der Waals surface area contributed by atoms with E-state index in [4.69, 9.17) is 0 Å². The molecule has 0 spiro atoms. The summed E-state index contributed by atoms with van der Waals surface area (Å²) >= 11 is 0. The molecule has 2 aromatic carbocycles. The van der Waals surface area contributed by atoms with Gasteiger partial charge in [-0.05, 0) is 36.1 Å². The molecule has 1 aromatic heterocycles. The van der Waals surface area contributed by atoms with Gasteiger partial charge in [0.05, 0.1) is 12.2 Å². The van der Waals surface area contributed by atoms with Crippen molar-refractivity contribution in [1.82, 2.24) is 24.9 Å². The number of nitrogens with one attached hydrogen (secondary N) is 1. The number of likely N-dealkylation sites (tertiary alicyclic amines) is 1. The number of carbonyl (C=O) groups excluding carboxylic acids is 2. The highest BCUT2D eigenvalue weighted by atomic mass is 16.2. The number of rotatable bonds is 4. The van der Waals surface area contributed by atoms with Crippen molar-refractivity contribution in [2.75, 3.05) is 45.8 Å². The van der Waals surface area contributed by atoms with Crippen LogP contribution in [0.2, 0.25) is 0 Å². The lowest BCUT2D eigenvalue weighted by Gasteiger charge is -2.35. The zero-order valence-electron chi connectivity index (χ0n) is 18.3. The Bertz CT molecular complexity index is 1100. The first-order valence-corrected chi connectivity index (χ1v) is 11.5. The van der Waals surface area contributed by atoms with E-state index in [-0.39, 0.29) is 11.8 Å². The van der Waals surface area contributed by atoms with E-state index in [1.165, 1.54) is 6.42 Å². The Labute approximate surface area is 188 Å². The molecule has 1 N–H and O–H groups in total. The van der Waals surface area contributed by atoms with Gasteiger partial charge < -0.3 is 9.80 Å². The van der Waals surface area contributed by atoms with Crippen LogP contribution in [0.3, 0.4) is 0 Å². The summed E-state index contributed by atoms with van der Waals surface area (Å²) in [5, 5.41) is 9.63. The quantitative estimate of drug-likeness (QED) is 0.689. The van der Waals surface area contributed by atoms with Crippen molar-refractivity contribution < 1.29 is 9.59 Å². The number of hydrogen-bond donors (Lipinski definition) is 1. The fourth-order valence-corrected chi connectivity index (χ4v) is 4.73. The average Bonchev–Trinajstić information content (AvgIpc) is 3.34. The van der Waals surface area contributed by atoms with Gasteiger partial charge in [-0.1, -0.05) is 42.5 Å². The Morgan fingerprint density at radius 2 is 1.59 bits per heavy atom. The number of aromatic nitrogens is 2. The molecule has 5 rings (SSSR count). The first kappa shape index (κ1) is 20.7. The highest BCUT2D eigenvalue weighted by Crippen LogP contribution is 2.27. The van der Waals surface area contributed by atoms with E-state index in [0.29, 0.717) is 25.3 Å². The van der Waals surface area contributed by atoms with Crippen LogP contribution in [0.25, 0.3) is 22.0 Å². The van der Waals surface area contributed by atoms with Gasteiger partial charge in [0.15, 0.2) is 0 Å². The van der Waals surface area contributed by atoms with E-state index in [9.17, 15) is 9.59 Å². The number of piperidine rings is 1. The molecule has 7 nitrogen and oxygen atoms in total. The number of nitrogens with zero attached hydrogens (tertiary/aromatic N) is 4. The summed E-state index contributed by atoms with van der Waals surface area (Å²) in [4.78, 5) is 31.6.